The number of ether oxygens (including phenoxy) is 1. The molecule has 0 saturated carbocycles. The van der Waals surface area contributed by atoms with Crippen molar-refractivity contribution in [2.24, 2.45) is 5.92 Å². The van der Waals surface area contributed by atoms with Crippen LogP contribution in [0.25, 0.3) is 0 Å². The van der Waals surface area contributed by atoms with E-state index in [2.05, 4.69) is 22.7 Å². The standard InChI is InChI=1S/C14H15F2N3OS/c15-11-1-2-12(13(16)3-11)14(4-10(6-21)5-20-14)7-19-9-17-8-18-19/h1-3,8-10,21H,4-7H2. The molecule has 7 heteroatoms. The molecule has 0 spiro atoms. The first-order chi connectivity index (χ1) is 10.1. The summed E-state index contributed by atoms with van der Waals surface area (Å²) in [6.07, 6.45) is 3.58. The van der Waals surface area contributed by atoms with E-state index in [9.17, 15) is 8.78 Å². The molecule has 21 heavy (non-hydrogen) atoms. The normalized spacial score (nSPS) is 25.4. The quantitative estimate of drug-likeness (QED) is 0.882. The fourth-order valence-electron chi connectivity index (χ4n) is 2.80. The van der Waals surface area contributed by atoms with Crippen molar-refractivity contribution in [2.45, 2.75) is 18.6 Å². The van der Waals surface area contributed by atoms with E-state index in [0.29, 0.717) is 30.9 Å². The first-order valence-electron chi connectivity index (χ1n) is 6.66. The second-order valence-electron chi connectivity index (χ2n) is 5.28. The molecule has 2 unspecified atom stereocenters. The maximum Gasteiger partial charge on any atom is 0.137 e. The number of benzene rings is 1. The molecule has 2 atom stereocenters. The summed E-state index contributed by atoms with van der Waals surface area (Å²) in [5, 5.41) is 4.06. The number of nitrogens with zero attached hydrogens (tertiary/aromatic N) is 3. The summed E-state index contributed by atoms with van der Waals surface area (Å²) >= 11 is 4.29. The van der Waals surface area contributed by atoms with E-state index < -0.39 is 17.2 Å². The van der Waals surface area contributed by atoms with Gasteiger partial charge < -0.3 is 4.74 Å². The maximum atomic E-state index is 14.2. The topological polar surface area (TPSA) is 39.9 Å². The summed E-state index contributed by atoms with van der Waals surface area (Å²) in [5.41, 5.74) is -0.512. The molecule has 1 aliphatic heterocycles. The number of thiol groups is 1. The van der Waals surface area contributed by atoms with Crippen LogP contribution in [0.1, 0.15) is 12.0 Å². The highest BCUT2D eigenvalue weighted by Crippen LogP contribution is 2.41. The Morgan fingerprint density at radius 3 is 2.90 bits per heavy atom. The first-order valence-corrected chi connectivity index (χ1v) is 7.29. The van der Waals surface area contributed by atoms with Gasteiger partial charge >= 0.3 is 0 Å². The Balaban J connectivity index is 1.99. The zero-order chi connectivity index (χ0) is 14.9. The molecule has 1 aliphatic rings. The largest absolute Gasteiger partial charge is 0.368 e. The van der Waals surface area contributed by atoms with Crippen molar-refractivity contribution in [2.75, 3.05) is 12.4 Å². The van der Waals surface area contributed by atoms with Crippen molar-refractivity contribution < 1.29 is 13.5 Å². The summed E-state index contributed by atoms with van der Waals surface area (Å²) in [7, 11) is 0. The lowest BCUT2D eigenvalue weighted by Gasteiger charge is -2.29. The Labute approximate surface area is 126 Å². The Bertz CT molecular complexity index is 623. The second-order valence-corrected chi connectivity index (χ2v) is 5.64. The van der Waals surface area contributed by atoms with Gasteiger partial charge in [0, 0.05) is 11.6 Å². The molecule has 0 aliphatic carbocycles. The molecule has 0 bridgehead atoms. The van der Waals surface area contributed by atoms with E-state index in [-0.39, 0.29) is 5.92 Å². The van der Waals surface area contributed by atoms with Gasteiger partial charge in [0.15, 0.2) is 0 Å². The molecule has 0 amide bonds. The van der Waals surface area contributed by atoms with Crippen LogP contribution in [-0.4, -0.2) is 27.1 Å². The van der Waals surface area contributed by atoms with Gasteiger partial charge in [0.05, 0.1) is 13.2 Å². The van der Waals surface area contributed by atoms with Crippen LogP contribution in [0.3, 0.4) is 0 Å². The van der Waals surface area contributed by atoms with Gasteiger partial charge in [0.1, 0.15) is 29.9 Å². The van der Waals surface area contributed by atoms with Crippen molar-refractivity contribution in [3.05, 3.63) is 48.1 Å². The molecular weight excluding hydrogens is 296 g/mol. The van der Waals surface area contributed by atoms with Gasteiger partial charge in [0.25, 0.3) is 0 Å². The molecule has 1 aromatic heterocycles. The van der Waals surface area contributed by atoms with Gasteiger partial charge in [-0.1, -0.05) is 6.07 Å². The van der Waals surface area contributed by atoms with Gasteiger partial charge in [-0.25, -0.2) is 18.4 Å². The van der Waals surface area contributed by atoms with Crippen molar-refractivity contribution in [1.29, 1.82) is 0 Å². The lowest BCUT2D eigenvalue weighted by molar-refractivity contribution is -0.0202. The first kappa shape index (κ1) is 14.5. The van der Waals surface area contributed by atoms with Gasteiger partial charge in [-0.2, -0.15) is 17.7 Å². The summed E-state index contributed by atoms with van der Waals surface area (Å²) < 4.78 is 34.9. The zero-order valence-electron chi connectivity index (χ0n) is 11.2. The zero-order valence-corrected chi connectivity index (χ0v) is 12.1. The average Bonchev–Trinajstić information content (AvgIpc) is 3.09. The van der Waals surface area contributed by atoms with Crippen molar-refractivity contribution in [3.63, 3.8) is 0 Å². The Kier molecular flexibility index (Phi) is 3.95. The summed E-state index contributed by atoms with van der Waals surface area (Å²) in [6, 6.07) is 3.58. The van der Waals surface area contributed by atoms with E-state index in [0.717, 1.165) is 6.07 Å². The van der Waals surface area contributed by atoms with Gasteiger partial charge in [-0.3, -0.25) is 0 Å². The third kappa shape index (κ3) is 2.80. The molecule has 0 radical (unpaired) electrons. The lowest BCUT2D eigenvalue weighted by atomic mass is 9.87. The Morgan fingerprint density at radius 2 is 2.29 bits per heavy atom. The summed E-state index contributed by atoms with van der Waals surface area (Å²) in [5.74, 6) is -0.325. The predicted octanol–water partition coefficient (Wildman–Crippen LogP) is 2.42. The molecule has 1 aromatic carbocycles. The van der Waals surface area contributed by atoms with Gasteiger partial charge in [-0.05, 0) is 24.2 Å². The van der Waals surface area contributed by atoms with Crippen LogP contribution in [0.5, 0.6) is 0 Å². The summed E-state index contributed by atoms with van der Waals surface area (Å²) in [4.78, 5) is 3.89. The smallest absolute Gasteiger partial charge is 0.137 e. The van der Waals surface area contributed by atoms with Crippen LogP contribution < -0.4 is 0 Å². The average molecular weight is 311 g/mol. The highest BCUT2D eigenvalue weighted by molar-refractivity contribution is 7.80. The molecule has 4 nitrogen and oxygen atoms in total. The molecule has 2 heterocycles. The minimum Gasteiger partial charge on any atom is -0.368 e. The molecular formula is C14H15F2N3OS. The maximum absolute atomic E-state index is 14.2. The molecule has 112 valence electrons. The fraction of sp³-hybridized carbons (Fsp3) is 0.429. The van der Waals surface area contributed by atoms with Crippen molar-refractivity contribution >= 4 is 12.6 Å². The van der Waals surface area contributed by atoms with E-state index in [1.54, 1.807) is 11.0 Å². The highest BCUT2D eigenvalue weighted by atomic mass is 32.1. The number of hydrogen-bond donors (Lipinski definition) is 1. The minimum absolute atomic E-state index is 0.223. The van der Waals surface area contributed by atoms with Gasteiger partial charge in [-0.15, -0.1) is 0 Å². The molecule has 1 fully saturated rings. The van der Waals surface area contributed by atoms with Crippen LogP contribution >= 0.6 is 12.6 Å². The molecule has 0 N–H and O–H groups in total. The van der Waals surface area contributed by atoms with Crippen LogP contribution in [0, 0.1) is 17.6 Å². The number of halogens is 2. The Hall–Kier alpha value is -1.47. The highest BCUT2D eigenvalue weighted by Gasteiger charge is 2.43. The fourth-order valence-corrected chi connectivity index (χ4v) is 3.03. The molecule has 2 aromatic rings. The number of rotatable bonds is 4. The minimum atomic E-state index is -0.862. The second kappa shape index (κ2) is 5.73. The Morgan fingerprint density at radius 1 is 1.43 bits per heavy atom. The monoisotopic (exact) mass is 311 g/mol. The number of hydrogen-bond acceptors (Lipinski definition) is 4. The van der Waals surface area contributed by atoms with E-state index in [1.165, 1.54) is 18.5 Å². The van der Waals surface area contributed by atoms with Crippen molar-refractivity contribution in [1.82, 2.24) is 14.8 Å². The van der Waals surface area contributed by atoms with E-state index >= 15 is 0 Å². The summed E-state index contributed by atoms with van der Waals surface area (Å²) in [6.45, 7) is 0.828. The lowest BCUT2D eigenvalue weighted by Crippen LogP contribution is -2.32. The van der Waals surface area contributed by atoms with Crippen LogP contribution in [0.15, 0.2) is 30.9 Å². The van der Waals surface area contributed by atoms with E-state index in [4.69, 9.17) is 4.74 Å². The van der Waals surface area contributed by atoms with Crippen LogP contribution in [0.2, 0.25) is 0 Å². The third-order valence-electron chi connectivity index (χ3n) is 3.78. The predicted molar refractivity (Wildman–Crippen MR) is 76.0 cm³/mol. The van der Waals surface area contributed by atoms with Crippen LogP contribution in [-0.2, 0) is 16.9 Å². The molecule has 3 rings (SSSR count). The number of aromatic nitrogens is 3. The van der Waals surface area contributed by atoms with Crippen molar-refractivity contribution in [3.8, 4) is 0 Å². The van der Waals surface area contributed by atoms with Gasteiger partial charge in [0.2, 0.25) is 0 Å². The third-order valence-corrected chi connectivity index (χ3v) is 4.29. The van der Waals surface area contributed by atoms with E-state index in [1.807, 2.05) is 0 Å². The van der Waals surface area contributed by atoms with Crippen LogP contribution in [0.4, 0.5) is 8.78 Å². The SMILES string of the molecule is Fc1ccc(C2(Cn3cncn3)CC(CS)CO2)c(F)c1. The molecule has 1 saturated heterocycles.